The molecular weight excluding hydrogens is 538 g/mol. The second kappa shape index (κ2) is 10.7. The highest BCUT2D eigenvalue weighted by Gasteiger charge is 2.34. The quantitative estimate of drug-likeness (QED) is 0.425. The van der Waals surface area contributed by atoms with Crippen LogP contribution in [-0.2, 0) is 16.0 Å². The second-order valence-corrected chi connectivity index (χ2v) is 12.7. The lowest BCUT2D eigenvalue weighted by molar-refractivity contribution is 0.0218. The van der Waals surface area contributed by atoms with Crippen LogP contribution < -0.4 is 10.6 Å². The first kappa shape index (κ1) is 28.4. The van der Waals surface area contributed by atoms with Crippen molar-refractivity contribution in [2.24, 2.45) is 0 Å². The number of amides is 1. The van der Waals surface area contributed by atoms with Crippen LogP contribution in [-0.4, -0.2) is 70.8 Å². The Bertz CT molecular complexity index is 1540. The van der Waals surface area contributed by atoms with Crippen LogP contribution in [0, 0.1) is 18.6 Å². The summed E-state index contributed by atoms with van der Waals surface area (Å²) in [7, 11) is 1.60. The Morgan fingerprint density at radius 3 is 2.58 bits per heavy atom. The Hall–Kier alpha value is -3.18. The van der Waals surface area contributed by atoms with E-state index in [1.54, 1.807) is 16.6 Å². The van der Waals surface area contributed by atoms with Crippen molar-refractivity contribution in [3.05, 3.63) is 51.9 Å². The molecule has 1 amide bonds. The third kappa shape index (κ3) is 5.28. The van der Waals surface area contributed by atoms with Crippen molar-refractivity contribution < 1.29 is 23.0 Å². The summed E-state index contributed by atoms with van der Waals surface area (Å²) < 4.78 is 41.5. The number of halogens is 2. The van der Waals surface area contributed by atoms with Gasteiger partial charge in [0, 0.05) is 66.8 Å². The van der Waals surface area contributed by atoms with Gasteiger partial charge in [-0.25, -0.2) is 18.4 Å². The molecule has 1 aromatic heterocycles. The number of benzene rings is 2. The molecule has 214 valence electrons. The van der Waals surface area contributed by atoms with Gasteiger partial charge in [-0.15, -0.1) is 11.8 Å². The number of methoxy groups -OCH3 is 1. The molecule has 40 heavy (non-hydrogen) atoms. The van der Waals surface area contributed by atoms with Crippen LogP contribution in [0.3, 0.4) is 0 Å². The van der Waals surface area contributed by atoms with E-state index in [4.69, 9.17) is 9.47 Å². The van der Waals surface area contributed by atoms with Crippen LogP contribution in [0.15, 0.2) is 34.0 Å². The van der Waals surface area contributed by atoms with Crippen LogP contribution in [0.5, 0.6) is 0 Å². The van der Waals surface area contributed by atoms with Crippen molar-refractivity contribution in [2.45, 2.75) is 63.0 Å². The van der Waals surface area contributed by atoms with E-state index in [1.807, 2.05) is 40.7 Å². The molecule has 2 aromatic carbocycles. The third-order valence-electron chi connectivity index (χ3n) is 7.17. The number of aryl methyl sites for hydroxylation is 1. The molecule has 2 aliphatic rings. The van der Waals surface area contributed by atoms with Crippen LogP contribution in [0.2, 0.25) is 0 Å². The molecule has 0 spiro atoms. The predicted molar refractivity (Wildman–Crippen MR) is 152 cm³/mol. The van der Waals surface area contributed by atoms with Crippen molar-refractivity contribution in [3.8, 4) is 11.1 Å². The van der Waals surface area contributed by atoms with Gasteiger partial charge in [0.25, 0.3) is 0 Å². The lowest BCUT2D eigenvalue weighted by atomic mass is 9.97. The zero-order chi connectivity index (χ0) is 28.9. The maximum absolute atomic E-state index is 15.1. The van der Waals surface area contributed by atoms with E-state index in [9.17, 15) is 14.0 Å². The highest BCUT2D eigenvalue weighted by Crippen LogP contribution is 2.46. The van der Waals surface area contributed by atoms with E-state index in [0.29, 0.717) is 49.7 Å². The van der Waals surface area contributed by atoms with Crippen molar-refractivity contribution in [3.63, 3.8) is 0 Å². The van der Waals surface area contributed by atoms with Crippen LogP contribution >= 0.6 is 11.8 Å². The summed E-state index contributed by atoms with van der Waals surface area (Å²) in [5, 5.41) is 0.686. The molecule has 1 saturated heterocycles. The molecule has 2 aliphatic heterocycles. The largest absolute Gasteiger partial charge is 0.444 e. The standard InChI is InChI=1S/C29H34F2N4O4S/c1-16-11-21-24-25(23(16)20-8-7-18(30)12-22(20)31)40-19(15-38-6)14-35(24)27(36)32-26(21)34-10-9-33(13-17(34)2)28(37)39-29(3,4)5/h7-8,11-12,17,19H,9-10,13-15H2,1-6H3/t17-,19-/m0/s1. The highest BCUT2D eigenvalue weighted by molar-refractivity contribution is 8.00. The molecule has 2 atom stereocenters. The molecule has 1 fully saturated rings. The van der Waals surface area contributed by atoms with E-state index in [0.717, 1.165) is 21.9 Å². The van der Waals surface area contributed by atoms with E-state index in [2.05, 4.69) is 9.88 Å². The smallest absolute Gasteiger partial charge is 0.410 e. The summed E-state index contributed by atoms with van der Waals surface area (Å²) in [6.07, 6.45) is -0.369. The number of hydrogen-bond donors (Lipinski definition) is 0. The summed E-state index contributed by atoms with van der Waals surface area (Å²) in [6.45, 7) is 11.5. The maximum atomic E-state index is 15.1. The number of thioether (sulfide) groups is 1. The summed E-state index contributed by atoms with van der Waals surface area (Å²) in [4.78, 5) is 35.2. The number of aromatic nitrogens is 2. The Kier molecular flexibility index (Phi) is 7.56. The van der Waals surface area contributed by atoms with Gasteiger partial charge in [-0.3, -0.25) is 4.57 Å². The predicted octanol–water partition coefficient (Wildman–Crippen LogP) is 5.22. The number of carbonyl (C=O) groups excluding carboxylic acids is 1. The number of carbonyl (C=O) groups is 1. The number of hydrogen-bond acceptors (Lipinski definition) is 7. The van der Waals surface area contributed by atoms with E-state index in [1.165, 1.54) is 23.9 Å². The fourth-order valence-corrected chi connectivity index (χ4v) is 6.98. The van der Waals surface area contributed by atoms with Gasteiger partial charge in [-0.1, -0.05) is 0 Å². The molecule has 0 aliphatic carbocycles. The van der Waals surface area contributed by atoms with E-state index in [-0.39, 0.29) is 22.9 Å². The first-order valence-corrected chi connectivity index (χ1v) is 14.2. The van der Waals surface area contributed by atoms with Gasteiger partial charge in [0.1, 0.15) is 23.1 Å². The Labute approximate surface area is 236 Å². The Morgan fingerprint density at radius 1 is 1.18 bits per heavy atom. The van der Waals surface area contributed by atoms with Crippen molar-refractivity contribution >= 4 is 34.6 Å². The molecule has 3 aromatic rings. The van der Waals surface area contributed by atoms with Gasteiger partial charge in [-0.05, 0) is 58.4 Å². The minimum absolute atomic E-state index is 0.0913. The fourth-order valence-electron chi connectivity index (χ4n) is 5.50. The molecule has 0 bridgehead atoms. The number of anilines is 1. The molecule has 3 heterocycles. The van der Waals surface area contributed by atoms with Gasteiger partial charge in [0.15, 0.2) is 0 Å². The minimum atomic E-state index is -0.664. The molecule has 0 N–H and O–H groups in total. The summed E-state index contributed by atoms with van der Waals surface area (Å²) >= 11 is 1.54. The molecule has 5 rings (SSSR count). The summed E-state index contributed by atoms with van der Waals surface area (Å²) in [6, 6.07) is 5.36. The molecular formula is C29H34F2N4O4S. The highest BCUT2D eigenvalue weighted by atomic mass is 32.2. The minimum Gasteiger partial charge on any atom is -0.444 e. The normalized spacial score (nSPS) is 19.3. The fraction of sp³-hybridized carbons (Fsp3) is 0.483. The van der Waals surface area contributed by atoms with Crippen molar-refractivity contribution in [1.29, 1.82) is 0 Å². The first-order valence-electron chi connectivity index (χ1n) is 13.3. The van der Waals surface area contributed by atoms with E-state index < -0.39 is 22.9 Å². The number of piperazine rings is 1. The molecule has 0 unspecified atom stereocenters. The molecule has 0 radical (unpaired) electrons. The lowest BCUT2D eigenvalue weighted by Crippen LogP contribution is -2.55. The van der Waals surface area contributed by atoms with Crippen molar-refractivity contribution in [1.82, 2.24) is 14.5 Å². The topological polar surface area (TPSA) is 76.9 Å². The zero-order valence-electron chi connectivity index (χ0n) is 23.6. The third-order valence-corrected chi connectivity index (χ3v) is 8.42. The zero-order valence-corrected chi connectivity index (χ0v) is 24.4. The van der Waals surface area contributed by atoms with E-state index >= 15 is 4.39 Å². The average molecular weight is 573 g/mol. The van der Waals surface area contributed by atoms with Gasteiger partial charge in [0.05, 0.1) is 17.4 Å². The van der Waals surface area contributed by atoms with Gasteiger partial charge < -0.3 is 19.3 Å². The van der Waals surface area contributed by atoms with Gasteiger partial charge >= 0.3 is 11.8 Å². The monoisotopic (exact) mass is 572 g/mol. The summed E-state index contributed by atoms with van der Waals surface area (Å²) in [5.41, 5.74) is 1.37. The second-order valence-electron chi connectivity index (χ2n) is 11.4. The first-order chi connectivity index (χ1) is 18.9. The Balaban J connectivity index is 1.63. The van der Waals surface area contributed by atoms with Crippen LogP contribution in [0.4, 0.5) is 19.4 Å². The summed E-state index contributed by atoms with van der Waals surface area (Å²) in [5.74, 6) is -0.779. The number of nitrogens with zero attached hydrogens (tertiary/aromatic N) is 4. The average Bonchev–Trinajstić information content (AvgIpc) is 2.86. The van der Waals surface area contributed by atoms with Gasteiger partial charge in [0.2, 0.25) is 0 Å². The SMILES string of the molecule is COC[C@@H]1Cn2c(=O)nc(N3CCN(C(=O)OC(C)(C)C)C[C@@H]3C)c3cc(C)c(-c4ccc(F)cc4F)c(c32)S1. The Morgan fingerprint density at radius 2 is 1.93 bits per heavy atom. The van der Waals surface area contributed by atoms with Crippen LogP contribution in [0.1, 0.15) is 33.3 Å². The van der Waals surface area contributed by atoms with Crippen LogP contribution in [0.25, 0.3) is 22.0 Å². The number of ether oxygens (including phenoxy) is 2. The van der Waals surface area contributed by atoms with Gasteiger partial charge in [-0.2, -0.15) is 4.98 Å². The molecule has 11 heteroatoms. The molecule has 8 nitrogen and oxygen atoms in total. The maximum Gasteiger partial charge on any atom is 0.410 e. The van der Waals surface area contributed by atoms with Crippen molar-refractivity contribution in [2.75, 3.05) is 38.3 Å². The number of rotatable bonds is 4. The lowest BCUT2D eigenvalue weighted by Gasteiger charge is -2.41. The molecule has 0 saturated carbocycles.